The Bertz CT molecular complexity index is 524. The average Bonchev–Trinajstić information content (AvgIpc) is 2.48. The van der Waals surface area contributed by atoms with Crippen molar-refractivity contribution >= 4 is 23.5 Å². The van der Waals surface area contributed by atoms with Crippen LogP contribution >= 0.6 is 11.6 Å². The molecule has 0 fully saturated rings. The number of ether oxygens (including phenoxy) is 2. The minimum Gasteiger partial charge on any atom is -0.424 e. The third-order valence-electron chi connectivity index (χ3n) is 2.79. The topological polar surface area (TPSA) is 64.6 Å². The average molecular weight is 296 g/mol. The van der Waals surface area contributed by atoms with E-state index in [0.717, 1.165) is 6.54 Å². The fourth-order valence-electron chi connectivity index (χ4n) is 1.71. The molecular formula is C14H14ClNO4. The van der Waals surface area contributed by atoms with Crippen LogP contribution in [0.2, 0.25) is 5.02 Å². The highest BCUT2D eigenvalue weighted by molar-refractivity contribution is 6.30. The van der Waals surface area contributed by atoms with Crippen molar-refractivity contribution in [3.63, 3.8) is 0 Å². The lowest BCUT2D eigenvalue weighted by Gasteiger charge is -2.13. The Morgan fingerprint density at radius 2 is 1.85 bits per heavy atom. The number of halogens is 1. The number of hydrogen-bond acceptors (Lipinski definition) is 5. The lowest BCUT2D eigenvalue weighted by atomic mass is 10.1. The first-order valence-electron chi connectivity index (χ1n) is 6.16. The molecule has 0 spiro atoms. The first kappa shape index (κ1) is 14.6. The summed E-state index contributed by atoms with van der Waals surface area (Å²) in [5.41, 5.74) is 0.956. The van der Waals surface area contributed by atoms with Crippen LogP contribution in [0.15, 0.2) is 35.9 Å². The van der Waals surface area contributed by atoms with Crippen LogP contribution in [0.3, 0.4) is 0 Å². The Kier molecular flexibility index (Phi) is 5.15. The van der Waals surface area contributed by atoms with Crippen molar-refractivity contribution in [1.82, 2.24) is 5.32 Å². The zero-order chi connectivity index (χ0) is 14.4. The molecule has 1 aromatic carbocycles. The fraction of sp³-hybridized carbons (Fsp3) is 0.286. The Hall–Kier alpha value is -1.85. The third-order valence-corrected chi connectivity index (χ3v) is 3.04. The zero-order valence-corrected chi connectivity index (χ0v) is 11.5. The lowest BCUT2D eigenvalue weighted by molar-refractivity contribution is -0.147. The highest BCUT2D eigenvalue weighted by atomic mass is 35.5. The molecule has 6 heteroatoms. The van der Waals surface area contributed by atoms with Gasteiger partial charge in [0.1, 0.15) is 0 Å². The molecule has 1 heterocycles. The van der Waals surface area contributed by atoms with E-state index in [-0.39, 0.29) is 0 Å². The number of benzene rings is 1. The van der Waals surface area contributed by atoms with Crippen LogP contribution in [0.1, 0.15) is 16.8 Å². The Morgan fingerprint density at radius 1 is 1.15 bits per heavy atom. The summed E-state index contributed by atoms with van der Waals surface area (Å²) in [4.78, 5) is 23.3. The Labute approximate surface area is 121 Å². The van der Waals surface area contributed by atoms with E-state index in [9.17, 15) is 9.59 Å². The standard InChI is InChI=1S/C14H14ClNO4/c15-12-3-1-10(2-4-12)13(17)19-9-20-14(18)11-5-7-16-8-6-11/h1-5,16H,6-9H2. The van der Waals surface area contributed by atoms with Crippen LogP contribution in [-0.2, 0) is 14.3 Å². The maximum absolute atomic E-state index is 11.6. The van der Waals surface area contributed by atoms with E-state index in [4.69, 9.17) is 21.1 Å². The quantitative estimate of drug-likeness (QED) is 0.679. The van der Waals surface area contributed by atoms with Crippen molar-refractivity contribution in [1.29, 1.82) is 0 Å². The summed E-state index contributed by atoms with van der Waals surface area (Å²) in [5.74, 6) is -1.01. The molecule has 0 aliphatic carbocycles. The van der Waals surface area contributed by atoms with Gasteiger partial charge in [-0.05, 0) is 37.2 Å². The number of esters is 2. The molecule has 0 saturated heterocycles. The predicted octanol–water partition coefficient (Wildman–Crippen LogP) is 1.92. The van der Waals surface area contributed by atoms with E-state index >= 15 is 0 Å². The van der Waals surface area contributed by atoms with Gasteiger partial charge >= 0.3 is 11.9 Å². The van der Waals surface area contributed by atoms with E-state index in [2.05, 4.69) is 5.32 Å². The van der Waals surface area contributed by atoms with Crippen molar-refractivity contribution < 1.29 is 19.1 Å². The predicted molar refractivity (Wildman–Crippen MR) is 73.4 cm³/mol. The summed E-state index contributed by atoms with van der Waals surface area (Å²) in [7, 11) is 0. The minimum atomic E-state index is -0.561. The zero-order valence-electron chi connectivity index (χ0n) is 10.7. The van der Waals surface area contributed by atoms with E-state index in [1.165, 1.54) is 0 Å². The second-order valence-electron chi connectivity index (χ2n) is 4.17. The molecule has 0 unspecified atom stereocenters. The van der Waals surface area contributed by atoms with Crippen LogP contribution in [0.4, 0.5) is 0 Å². The first-order chi connectivity index (χ1) is 9.66. The summed E-state index contributed by atoms with van der Waals surface area (Å²) in [6, 6.07) is 6.26. The second-order valence-corrected chi connectivity index (χ2v) is 4.61. The molecule has 0 amide bonds. The highest BCUT2D eigenvalue weighted by Crippen LogP contribution is 2.11. The molecule has 2 rings (SSSR count). The second kappa shape index (κ2) is 7.07. The fourth-order valence-corrected chi connectivity index (χ4v) is 1.83. The molecule has 0 atom stereocenters. The number of carbonyl (C=O) groups is 2. The molecule has 1 aliphatic heterocycles. The SMILES string of the molecule is O=C(OCOC(=O)c1ccc(Cl)cc1)C1=CCNCC1. The van der Waals surface area contributed by atoms with Gasteiger partial charge in [0.25, 0.3) is 0 Å². The summed E-state index contributed by atoms with van der Waals surface area (Å²) in [6.45, 7) is 0.992. The van der Waals surface area contributed by atoms with Crippen LogP contribution in [0.5, 0.6) is 0 Å². The summed E-state index contributed by atoms with van der Waals surface area (Å²) >= 11 is 5.72. The van der Waals surface area contributed by atoms with Crippen molar-refractivity contribution in [2.75, 3.05) is 19.9 Å². The maximum Gasteiger partial charge on any atom is 0.341 e. The highest BCUT2D eigenvalue weighted by Gasteiger charge is 2.14. The molecule has 1 aromatic rings. The van der Waals surface area contributed by atoms with Crippen LogP contribution in [-0.4, -0.2) is 31.8 Å². The van der Waals surface area contributed by atoms with Gasteiger partial charge in [0.15, 0.2) is 0 Å². The molecule has 5 nitrogen and oxygen atoms in total. The first-order valence-corrected chi connectivity index (χ1v) is 6.54. The molecule has 1 aliphatic rings. The molecule has 1 N–H and O–H groups in total. The van der Waals surface area contributed by atoms with Gasteiger partial charge in [0.05, 0.1) is 5.56 Å². The van der Waals surface area contributed by atoms with Gasteiger partial charge in [0.2, 0.25) is 6.79 Å². The Balaban J connectivity index is 1.78. The molecule has 20 heavy (non-hydrogen) atoms. The van der Waals surface area contributed by atoms with Crippen molar-refractivity contribution in [2.45, 2.75) is 6.42 Å². The molecule has 0 saturated carbocycles. The number of hydrogen-bond donors (Lipinski definition) is 1. The van der Waals surface area contributed by atoms with Crippen LogP contribution in [0.25, 0.3) is 0 Å². The normalized spacial score (nSPS) is 14.3. The van der Waals surface area contributed by atoms with Crippen molar-refractivity contribution in [3.8, 4) is 0 Å². The molecule has 0 bridgehead atoms. The monoisotopic (exact) mass is 295 g/mol. The Morgan fingerprint density at radius 3 is 2.50 bits per heavy atom. The summed E-state index contributed by atoms with van der Waals surface area (Å²) < 4.78 is 9.75. The van der Waals surface area contributed by atoms with E-state index in [1.807, 2.05) is 0 Å². The third kappa shape index (κ3) is 4.08. The largest absolute Gasteiger partial charge is 0.424 e. The molecule has 0 aromatic heterocycles. The molecule has 0 radical (unpaired) electrons. The lowest BCUT2D eigenvalue weighted by Crippen LogP contribution is -2.25. The minimum absolute atomic E-state index is 0.353. The van der Waals surface area contributed by atoms with Crippen LogP contribution in [0, 0.1) is 0 Å². The van der Waals surface area contributed by atoms with Gasteiger partial charge < -0.3 is 14.8 Å². The summed E-state index contributed by atoms with van der Waals surface area (Å²) in [6.07, 6.45) is 2.39. The maximum atomic E-state index is 11.6. The van der Waals surface area contributed by atoms with Crippen molar-refractivity contribution in [2.24, 2.45) is 0 Å². The van der Waals surface area contributed by atoms with Gasteiger partial charge in [-0.15, -0.1) is 0 Å². The molecule has 106 valence electrons. The van der Waals surface area contributed by atoms with Gasteiger partial charge in [-0.3, -0.25) is 0 Å². The van der Waals surface area contributed by atoms with E-state index in [0.29, 0.717) is 29.1 Å². The van der Waals surface area contributed by atoms with E-state index < -0.39 is 18.7 Å². The number of rotatable bonds is 4. The van der Waals surface area contributed by atoms with Gasteiger partial charge in [-0.1, -0.05) is 17.7 Å². The van der Waals surface area contributed by atoms with Gasteiger partial charge in [-0.25, -0.2) is 9.59 Å². The van der Waals surface area contributed by atoms with Crippen molar-refractivity contribution in [3.05, 3.63) is 46.5 Å². The smallest absolute Gasteiger partial charge is 0.341 e. The van der Waals surface area contributed by atoms with E-state index in [1.54, 1.807) is 30.3 Å². The molecular weight excluding hydrogens is 282 g/mol. The van der Waals surface area contributed by atoms with Gasteiger partial charge in [-0.2, -0.15) is 0 Å². The van der Waals surface area contributed by atoms with Crippen LogP contribution < -0.4 is 5.32 Å². The number of carbonyl (C=O) groups excluding carboxylic acids is 2. The summed E-state index contributed by atoms with van der Waals surface area (Å²) in [5, 5.41) is 3.62. The van der Waals surface area contributed by atoms with Gasteiger partial charge in [0, 0.05) is 17.1 Å². The number of nitrogens with one attached hydrogen (secondary N) is 1.